The number of aromatic nitrogens is 6. The highest BCUT2D eigenvalue weighted by Gasteiger charge is 2.22. The molecule has 0 bridgehead atoms. The molecular weight excluding hydrogens is 1270 g/mol. The van der Waals surface area contributed by atoms with E-state index in [9.17, 15) is 0 Å². The zero-order valence-electron chi connectivity index (χ0n) is 58.8. The van der Waals surface area contributed by atoms with Crippen LogP contribution in [0.1, 0.15) is 253 Å². The fourth-order valence-corrected chi connectivity index (χ4v) is 16.6. The lowest BCUT2D eigenvalue weighted by molar-refractivity contribution is 0.760. The van der Waals surface area contributed by atoms with E-state index in [-0.39, 0.29) is 0 Å². The van der Waals surface area contributed by atoms with Crippen molar-refractivity contribution in [3.05, 3.63) is 217 Å². The number of hydrogen-bond acceptors (Lipinski definition) is 10. The second-order valence-corrected chi connectivity index (χ2v) is 29.1. The molecule has 0 saturated heterocycles. The van der Waals surface area contributed by atoms with Crippen molar-refractivity contribution in [2.75, 3.05) is 0 Å². The molecule has 0 aliphatic rings. The monoisotopic (exact) mass is 1360 g/mol. The van der Waals surface area contributed by atoms with Crippen molar-refractivity contribution in [1.29, 1.82) is 0 Å². The molecule has 0 radical (unpaired) electrons. The highest BCUT2D eigenvalue weighted by Crippen LogP contribution is 2.37. The van der Waals surface area contributed by atoms with Crippen LogP contribution in [-0.2, 0) is 51.4 Å². The van der Waals surface area contributed by atoms with Gasteiger partial charge in [0.05, 0.1) is 84.6 Å². The summed E-state index contributed by atoms with van der Waals surface area (Å²) >= 11 is 7.21. The first-order valence-electron chi connectivity index (χ1n) is 36.2. The summed E-state index contributed by atoms with van der Waals surface area (Å²) in [7, 11) is 0. The van der Waals surface area contributed by atoms with E-state index in [2.05, 4.69) is 159 Å². The van der Waals surface area contributed by atoms with Crippen molar-refractivity contribution in [2.45, 2.75) is 209 Å². The van der Waals surface area contributed by atoms with E-state index < -0.39 is 0 Å². The summed E-state index contributed by atoms with van der Waals surface area (Å²) in [6.45, 7) is 18.4. The lowest BCUT2D eigenvalue weighted by atomic mass is 9.97. The average Bonchev–Trinajstić information content (AvgIpc) is 1.45. The van der Waals surface area contributed by atoms with Crippen LogP contribution < -0.4 is 0 Å². The molecule has 498 valence electrons. The molecule has 0 N–H and O–H groups in total. The standard InChI is InChI=1S/C88H92N6S4/c1-9-17-33-65-67(35-19-11-3)83(95-81(65)47-45-63-59-77(73-41-25-29-55-89-73)93-78(60-63)74-42-26-30-56-90-74)49-51-85-69(37-21-13-5)71(39-23-15-7)87(97-85)53-54-88-72(40-24-16-8)70(38-22-14-6)86(98-88)52-50-84-68(36-20-12-4)66(34-18-10-2)82(96-84)48-46-64-61-79(75-43-27-31-57-91-75)94-80(62-64)76-44-28-32-58-92-76/h25-32,41-44,55-62H,9-24,33-40H2,1-8H3. The van der Waals surface area contributed by atoms with Crippen LogP contribution in [0.5, 0.6) is 0 Å². The van der Waals surface area contributed by atoms with E-state index in [0.29, 0.717) is 0 Å². The van der Waals surface area contributed by atoms with Gasteiger partial charge in [-0.3, -0.25) is 19.9 Å². The van der Waals surface area contributed by atoms with Crippen LogP contribution in [0.15, 0.2) is 122 Å². The van der Waals surface area contributed by atoms with E-state index in [1.165, 1.54) is 64.0 Å². The van der Waals surface area contributed by atoms with Gasteiger partial charge in [0.25, 0.3) is 0 Å². The van der Waals surface area contributed by atoms with Gasteiger partial charge in [-0.05, 0) is 256 Å². The second-order valence-electron chi connectivity index (χ2n) is 25.1. The van der Waals surface area contributed by atoms with Gasteiger partial charge in [-0.2, -0.15) is 0 Å². The number of pyridine rings is 6. The summed E-state index contributed by atoms with van der Waals surface area (Å²) < 4.78 is 0. The summed E-state index contributed by atoms with van der Waals surface area (Å²) in [5.74, 6) is 38.1. The molecule has 98 heavy (non-hydrogen) atoms. The molecule has 0 spiro atoms. The SMILES string of the molecule is CCCCc1c(C#Cc2cc(-c3ccccn3)nc(-c3ccccn3)c2)sc(C#Cc2sc(C#Cc3sc(C#Cc4sc(C#Cc5cc(-c6ccccn6)nc(-c6ccccn6)c5)c(CCCC)c4CCCC)c(CCCC)c3CCCC)c(CCCC)c2CCCC)c1CCCC. The van der Waals surface area contributed by atoms with Crippen molar-refractivity contribution < 1.29 is 0 Å². The number of unbranched alkanes of at least 4 members (excludes halogenated alkanes) is 8. The quantitative estimate of drug-likeness (QED) is 0.0455. The van der Waals surface area contributed by atoms with Crippen LogP contribution >= 0.6 is 45.3 Å². The van der Waals surface area contributed by atoms with E-state index in [0.717, 1.165) is 230 Å². The molecule has 0 atom stereocenters. The summed E-state index contributed by atoms with van der Waals surface area (Å²) in [4.78, 5) is 37.9. The maximum atomic E-state index is 5.03. The van der Waals surface area contributed by atoms with E-state index >= 15 is 0 Å². The van der Waals surface area contributed by atoms with Gasteiger partial charge in [-0.25, -0.2) is 9.97 Å². The van der Waals surface area contributed by atoms with E-state index in [1.54, 1.807) is 22.7 Å². The first-order chi connectivity index (χ1) is 48.3. The fraction of sp³-hybridized carbons (Fsp3) is 0.364. The maximum absolute atomic E-state index is 5.03. The lowest BCUT2D eigenvalue weighted by Gasteiger charge is -2.06. The molecule has 0 amide bonds. The summed E-state index contributed by atoms with van der Waals surface area (Å²) in [6, 6.07) is 32.0. The Balaban J connectivity index is 1.06. The summed E-state index contributed by atoms with van der Waals surface area (Å²) in [6.07, 6.45) is 32.9. The molecule has 10 aromatic rings. The van der Waals surface area contributed by atoms with Gasteiger partial charge >= 0.3 is 0 Å². The predicted octanol–water partition coefficient (Wildman–Crippen LogP) is 22.7. The third-order valence-electron chi connectivity index (χ3n) is 17.6. The Morgan fingerprint density at radius 2 is 0.418 bits per heavy atom. The number of hydrogen-bond donors (Lipinski definition) is 0. The highest BCUT2D eigenvalue weighted by molar-refractivity contribution is 7.15. The van der Waals surface area contributed by atoms with Crippen LogP contribution in [0.2, 0.25) is 0 Å². The molecule has 6 nitrogen and oxygen atoms in total. The van der Waals surface area contributed by atoms with Crippen molar-refractivity contribution in [3.8, 4) is 105 Å². The van der Waals surface area contributed by atoms with Crippen LogP contribution in [0.25, 0.3) is 45.6 Å². The molecule has 0 fully saturated rings. The predicted molar refractivity (Wildman–Crippen MR) is 417 cm³/mol. The van der Waals surface area contributed by atoms with Gasteiger partial charge < -0.3 is 0 Å². The second kappa shape index (κ2) is 38.0. The highest BCUT2D eigenvalue weighted by atomic mass is 32.1. The Kier molecular flexibility index (Phi) is 28.0. The maximum Gasteiger partial charge on any atom is 0.0906 e. The van der Waals surface area contributed by atoms with Crippen LogP contribution in [0, 0.1) is 59.2 Å². The molecule has 10 heterocycles. The smallest absolute Gasteiger partial charge is 0.0906 e. The zero-order chi connectivity index (χ0) is 68.3. The Morgan fingerprint density at radius 1 is 0.235 bits per heavy atom. The van der Waals surface area contributed by atoms with Crippen molar-refractivity contribution in [2.24, 2.45) is 0 Å². The molecule has 0 saturated carbocycles. The van der Waals surface area contributed by atoms with Gasteiger partial charge in [0.1, 0.15) is 0 Å². The Labute approximate surface area is 601 Å². The summed E-state index contributed by atoms with van der Waals surface area (Å²) in [5.41, 5.74) is 19.2. The average molecular weight is 1360 g/mol. The molecular formula is C88H92N6S4. The van der Waals surface area contributed by atoms with E-state index in [4.69, 9.17) is 9.97 Å². The third-order valence-corrected chi connectivity index (χ3v) is 22.0. The van der Waals surface area contributed by atoms with Crippen molar-refractivity contribution >= 4 is 45.3 Å². The lowest BCUT2D eigenvalue weighted by Crippen LogP contribution is -1.96. The van der Waals surface area contributed by atoms with Gasteiger partial charge in [0.2, 0.25) is 0 Å². The fourth-order valence-electron chi connectivity index (χ4n) is 12.1. The Bertz CT molecular complexity index is 4180. The van der Waals surface area contributed by atoms with Gasteiger partial charge in [0.15, 0.2) is 0 Å². The van der Waals surface area contributed by atoms with Crippen molar-refractivity contribution in [3.63, 3.8) is 0 Å². The minimum atomic E-state index is 0.775. The first kappa shape index (κ1) is 72.2. The minimum absolute atomic E-state index is 0.775. The molecule has 0 aromatic carbocycles. The topological polar surface area (TPSA) is 77.3 Å². The van der Waals surface area contributed by atoms with Gasteiger partial charge in [-0.15, -0.1) is 45.3 Å². The zero-order valence-corrected chi connectivity index (χ0v) is 62.1. The third kappa shape index (κ3) is 19.2. The van der Waals surface area contributed by atoms with E-state index in [1.807, 2.05) is 120 Å². The molecule has 10 aromatic heterocycles. The first-order valence-corrected chi connectivity index (χ1v) is 39.4. The Hall–Kier alpha value is -8.50. The number of nitrogens with zero attached hydrogens (tertiary/aromatic N) is 6. The largest absolute Gasteiger partial charge is 0.255 e. The van der Waals surface area contributed by atoms with Crippen LogP contribution in [-0.4, -0.2) is 29.9 Å². The molecule has 10 heteroatoms. The molecule has 0 unspecified atom stereocenters. The number of rotatable bonds is 28. The molecule has 0 aliphatic heterocycles. The van der Waals surface area contributed by atoms with Crippen LogP contribution in [0.3, 0.4) is 0 Å². The van der Waals surface area contributed by atoms with Crippen LogP contribution in [0.4, 0.5) is 0 Å². The normalized spacial score (nSPS) is 10.8. The number of thiophene rings is 4. The minimum Gasteiger partial charge on any atom is -0.255 e. The molecule has 0 aliphatic carbocycles. The Morgan fingerprint density at radius 3 is 0.582 bits per heavy atom. The molecule has 10 rings (SSSR count). The van der Waals surface area contributed by atoms with Crippen molar-refractivity contribution in [1.82, 2.24) is 29.9 Å². The van der Waals surface area contributed by atoms with Gasteiger partial charge in [0, 0.05) is 35.9 Å². The van der Waals surface area contributed by atoms with Gasteiger partial charge in [-0.1, -0.05) is 155 Å². The summed E-state index contributed by atoms with van der Waals surface area (Å²) in [5, 5.41) is 0.